The molecule has 0 saturated carbocycles. The molecule has 2 rings (SSSR count). The molecule has 0 atom stereocenters. The van der Waals surface area contributed by atoms with Crippen LogP contribution in [0.2, 0.25) is 0 Å². The van der Waals surface area contributed by atoms with E-state index in [1.165, 1.54) is 17.1 Å². The van der Waals surface area contributed by atoms with Gasteiger partial charge in [0, 0.05) is 18.3 Å². The number of halogens is 3. The van der Waals surface area contributed by atoms with Gasteiger partial charge in [-0.05, 0) is 6.92 Å². The van der Waals surface area contributed by atoms with Gasteiger partial charge in [-0.3, -0.25) is 4.68 Å². The highest BCUT2D eigenvalue weighted by molar-refractivity contribution is 5.92. The quantitative estimate of drug-likeness (QED) is 0.910. The molecule has 0 bridgehead atoms. The average Bonchev–Trinajstić information content (AvgIpc) is 3.01. The van der Waals surface area contributed by atoms with E-state index in [-0.39, 0.29) is 5.69 Å². The Kier molecular flexibility index (Phi) is 3.96. The molecule has 10 heteroatoms. The number of carbonyl (C=O) groups is 1. The highest BCUT2D eigenvalue weighted by atomic mass is 19.4. The second-order valence-electron chi connectivity index (χ2n) is 4.26. The second kappa shape index (κ2) is 5.54. The number of carboxylic acids is 1. The summed E-state index contributed by atoms with van der Waals surface area (Å²) in [4.78, 5) is 11.1. The minimum absolute atomic E-state index is 0.0199. The number of aromatic carboxylic acids is 1. The lowest BCUT2D eigenvalue weighted by Crippen LogP contribution is -2.14. The maximum absolute atomic E-state index is 12.3. The fourth-order valence-corrected chi connectivity index (χ4v) is 1.79. The molecule has 0 spiro atoms. The van der Waals surface area contributed by atoms with Gasteiger partial charge in [-0.1, -0.05) is 5.21 Å². The summed E-state index contributed by atoms with van der Waals surface area (Å²) in [5.41, 5.74) is -0.0132. The normalized spacial score (nSPS) is 11.8. The summed E-state index contributed by atoms with van der Waals surface area (Å²) in [5, 5.41) is 20.0. The first-order valence-corrected chi connectivity index (χ1v) is 6.08. The Labute approximate surface area is 117 Å². The van der Waals surface area contributed by atoms with Crippen LogP contribution in [-0.4, -0.2) is 42.0 Å². The smallest absolute Gasteiger partial charge is 0.390 e. The van der Waals surface area contributed by atoms with Crippen LogP contribution in [0.3, 0.4) is 0 Å². The van der Waals surface area contributed by atoms with Crippen molar-refractivity contribution in [3.05, 3.63) is 18.1 Å². The third kappa shape index (κ3) is 3.38. The van der Waals surface area contributed by atoms with Crippen LogP contribution in [0.1, 0.15) is 23.8 Å². The number of hydrogen-bond acceptors (Lipinski definition) is 4. The largest absolute Gasteiger partial charge is 0.476 e. The van der Waals surface area contributed by atoms with Crippen LogP contribution in [0, 0.1) is 0 Å². The zero-order chi connectivity index (χ0) is 15.6. The summed E-state index contributed by atoms with van der Waals surface area (Å²) in [7, 11) is 0. The first-order chi connectivity index (χ1) is 9.81. The Hall–Kier alpha value is -2.39. The molecule has 114 valence electrons. The number of carboxylic acid groups (broad SMARTS) is 1. The van der Waals surface area contributed by atoms with E-state index in [4.69, 9.17) is 5.11 Å². The van der Waals surface area contributed by atoms with Crippen LogP contribution < -0.4 is 0 Å². The molecule has 0 radical (unpaired) electrons. The van der Waals surface area contributed by atoms with Crippen molar-refractivity contribution < 1.29 is 23.1 Å². The first kappa shape index (κ1) is 15.0. The predicted octanol–water partition coefficient (Wildman–Crippen LogP) is 1.81. The molecule has 0 aliphatic heterocycles. The summed E-state index contributed by atoms with van der Waals surface area (Å²) in [6.07, 6.45) is -2.57. The molecular weight excluding hydrogens is 291 g/mol. The SMILES string of the molecule is CCn1cc(-c2c(C(=O)O)nnn2CCC(F)(F)F)cn1. The van der Waals surface area contributed by atoms with Gasteiger partial charge in [0.15, 0.2) is 5.69 Å². The van der Waals surface area contributed by atoms with Gasteiger partial charge in [0.1, 0.15) is 5.69 Å². The second-order valence-corrected chi connectivity index (χ2v) is 4.26. The molecular formula is C11H12F3N5O2. The lowest BCUT2D eigenvalue weighted by Gasteiger charge is -2.08. The molecule has 0 amide bonds. The van der Waals surface area contributed by atoms with E-state index in [0.29, 0.717) is 12.1 Å². The molecule has 0 aliphatic rings. The minimum atomic E-state index is -4.36. The van der Waals surface area contributed by atoms with Gasteiger partial charge in [-0.25, -0.2) is 9.48 Å². The molecule has 0 saturated heterocycles. The van der Waals surface area contributed by atoms with Gasteiger partial charge >= 0.3 is 12.1 Å². The van der Waals surface area contributed by atoms with Crippen molar-refractivity contribution in [3.63, 3.8) is 0 Å². The van der Waals surface area contributed by atoms with Crippen LogP contribution in [0.5, 0.6) is 0 Å². The van der Waals surface area contributed by atoms with Crippen molar-refractivity contribution in [1.29, 1.82) is 0 Å². The number of rotatable bonds is 5. The lowest BCUT2D eigenvalue weighted by atomic mass is 10.2. The number of nitrogens with zero attached hydrogens (tertiary/aromatic N) is 5. The van der Waals surface area contributed by atoms with E-state index < -0.39 is 30.8 Å². The van der Waals surface area contributed by atoms with Crippen LogP contribution in [-0.2, 0) is 13.1 Å². The van der Waals surface area contributed by atoms with Crippen LogP contribution in [0.15, 0.2) is 12.4 Å². The van der Waals surface area contributed by atoms with Crippen molar-refractivity contribution >= 4 is 5.97 Å². The predicted molar refractivity (Wildman–Crippen MR) is 64.5 cm³/mol. The van der Waals surface area contributed by atoms with Crippen molar-refractivity contribution in [3.8, 4) is 11.3 Å². The molecule has 2 aromatic rings. The van der Waals surface area contributed by atoms with E-state index in [1.54, 1.807) is 0 Å². The zero-order valence-corrected chi connectivity index (χ0v) is 11.0. The van der Waals surface area contributed by atoms with Gasteiger partial charge in [0.25, 0.3) is 0 Å². The van der Waals surface area contributed by atoms with Crippen molar-refractivity contribution in [2.75, 3.05) is 0 Å². The Morgan fingerprint density at radius 1 is 1.43 bits per heavy atom. The average molecular weight is 303 g/mol. The summed E-state index contributed by atoms with van der Waals surface area (Å²) < 4.78 is 39.4. The molecule has 0 aromatic carbocycles. The van der Waals surface area contributed by atoms with E-state index in [1.807, 2.05) is 6.92 Å². The van der Waals surface area contributed by atoms with E-state index in [9.17, 15) is 18.0 Å². The van der Waals surface area contributed by atoms with Crippen LogP contribution >= 0.6 is 0 Å². The standard InChI is InChI=1S/C11H12F3N5O2/c1-2-18-6-7(5-15-18)9-8(10(20)21)16-17-19(9)4-3-11(12,13)14/h5-6H,2-4H2,1H3,(H,20,21). The Morgan fingerprint density at radius 3 is 2.67 bits per heavy atom. The van der Waals surface area contributed by atoms with E-state index in [2.05, 4.69) is 15.4 Å². The zero-order valence-electron chi connectivity index (χ0n) is 11.0. The fourth-order valence-electron chi connectivity index (χ4n) is 1.79. The molecule has 7 nitrogen and oxygen atoms in total. The Balaban J connectivity index is 2.40. The fraction of sp³-hybridized carbons (Fsp3) is 0.455. The molecule has 0 unspecified atom stereocenters. The summed E-state index contributed by atoms with van der Waals surface area (Å²) >= 11 is 0. The van der Waals surface area contributed by atoms with E-state index >= 15 is 0 Å². The number of hydrogen-bond donors (Lipinski definition) is 1. The van der Waals surface area contributed by atoms with Crippen LogP contribution in [0.4, 0.5) is 13.2 Å². The van der Waals surface area contributed by atoms with E-state index in [0.717, 1.165) is 4.68 Å². The molecule has 21 heavy (non-hydrogen) atoms. The summed E-state index contributed by atoms with van der Waals surface area (Å²) in [6.45, 7) is 1.87. The molecule has 2 heterocycles. The van der Waals surface area contributed by atoms with Gasteiger partial charge < -0.3 is 5.11 Å². The molecule has 0 aliphatic carbocycles. The molecule has 1 N–H and O–H groups in total. The first-order valence-electron chi connectivity index (χ1n) is 6.08. The number of aromatic nitrogens is 5. The third-order valence-corrected chi connectivity index (χ3v) is 2.78. The number of aryl methyl sites for hydroxylation is 2. The van der Waals surface area contributed by atoms with Crippen molar-refractivity contribution in [1.82, 2.24) is 24.8 Å². The molecule has 0 fully saturated rings. The highest BCUT2D eigenvalue weighted by Crippen LogP contribution is 2.25. The monoisotopic (exact) mass is 303 g/mol. The van der Waals surface area contributed by atoms with Gasteiger partial charge in [0.05, 0.1) is 19.2 Å². The van der Waals surface area contributed by atoms with Crippen molar-refractivity contribution in [2.24, 2.45) is 0 Å². The maximum atomic E-state index is 12.3. The lowest BCUT2D eigenvalue weighted by molar-refractivity contribution is -0.137. The third-order valence-electron chi connectivity index (χ3n) is 2.78. The maximum Gasteiger partial charge on any atom is 0.390 e. The van der Waals surface area contributed by atoms with Gasteiger partial charge in [-0.2, -0.15) is 18.3 Å². The topological polar surface area (TPSA) is 85.8 Å². The van der Waals surface area contributed by atoms with Gasteiger partial charge in [0.2, 0.25) is 0 Å². The Morgan fingerprint density at radius 2 is 2.14 bits per heavy atom. The van der Waals surface area contributed by atoms with Crippen LogP contribution in [0.25, 0.3) is 11.3 Å². The highest BCUT2D eigenvalue weighted by Gasteiger charge is 2.29. The summed E-state index contributed by atoms with van der Waals surface area (Å²) in [5.74, 6) is -1.35. The number of alkyl halides is 3. The van der Waals surface area contributed by atoms with Crippen molar-refractivity contribution in [2.45, 2.75) is 32.6 Å². The summed E-state index contributed by atoms with van der Waals surface area (Å²) in [6, 6.07) is 0. The minimum Gasteiger partial charge on any atom is -0.476 e. The molecule has 2 aromatic heterocycles. The van der Waals surface area contributed by atoms with Gasteiger partial charge in [-0.15, -0.1) is 5.10 Å². The Bertz CT molecular complexity index is 647.